The van der Waals surface area contributed by atoms with E-state index >= 15 is 0 Å². The number of nitro groups is 1. The molecule has 1 heterocycles. The molecule has 0 atom stereocenters. The molecule has 3 rings (SSSR count). The van der Waals surface area contributed by atoms with Crippen molar-refractivity contribution in [3.63, 3.8) is 0 Å². The molecule has 3 N–H and O–H groups in total. The van der Waals surface area contributed by atoms with E-state index in [2.05, 4.69) is 42.1 Å². The van der Waals surface area contributed by atoms with Gasteiger partial charge in [0, 0.05) is 10.0 Å². The average molecular weight is 487 g/mol. The fraction of sp³-hybridized carbons (Fsp3) is 0.0526. The molecule has 0 aliphatic rings. The molecule has 0 saturated heterocycles. The molecule has 31 heavy (non-hydrogen) atoms. The third kappa shape index (κ3) is 5.11. The second kappa shape index (κ2) is 9.63. The molecule has 1 aromatic heterocycles. The fourth-order valence-corrected chi connectivity index (χ4v) is 2.80. The van der Waals surface area contributed by atoms with E-state index < -0.39 is 22.5 Å². The third-order valence-corrected chi connectivity index (χ3v) is 4.52. The molecule has 12 heteroatoms. The van der Waals surface area contributed by atoms with Gasteiger partial charge >= 0.3 is 11.7 Å². The van der Waals surface area contributed by atoms with Crippen LogP contribution in [0.2, 0.25) is 0 Å². The van der Waals surface area contributed by atoms with Crippen molar-refractivity contribution >= 4 is 50.8 Å². The Balaban J connectivity index is 1.87. The molecule has 0 saturated carbocycles. The van der Waals surface area contributed by atoms with Crippen molar-refractivity contribution in [3.05, 3.63) is 80.6 Å². The lowest BCUT2D eigenvalue weighted by Crippen LogP contribution is -2.30. The molecule has 1 amide bonds. The van der Waals surface area contributed by atoms with Gasteiger partial charge in [-0.3, -0.25) is 25.8 Å². The zero-order chi connectivity index (χ0) is 22.4. The average Bonchev–Trinajstić information content (AvgIpc) is 2.77. The number of benzene rings is 2. The number of para-hydroxylation sites is 1. The van der Waals surface area contributed by atoms with Crippen molar-refractivity contribution < 1.29 is 19.2 Å². The standard InChI is InChI=1S/C19H15BrN6O5/c1-31-19(28)13-4-2-3-5-14(13)23-16-15(26(29)30)17(22-10-21-16)24-25-18(27)11-6-8-12(20)9-7-11/h2-10H,1H3,(H,25,27)(H2,21,22,23,24). The number of aromatic nitrogens is 2. The number of nitrogens with zero attached hydrogens (tertiary/aromatic N) is 3. The van der Waals surface area contributed by atoms with Crippen molar-refractivity contribution in [1.82, 2.24) is 15.4 Å². The van der Waals surface area contributed by atoms with E-state index in [0.717, 1.165) is 10.8 Å². The summed E-state index contributed by atoms with van der Waals surface area (Å²) in [6.45, 7) is 0. The lowest BCUT2D eigenvalue weighted by Gasteiger charge is -2.12. The minimum atomic E-state index is -0.711. The van der Waals surface area contributed by atoms with E-state index in [1.165, 1.54) is 13.2 Å². The van der Waals surface area contributed by atoms with Crippen LogP contribution in [0.3, 0.4) is 0 Å². The van der Waals surface area contributed by atoms with Crippen LogP contribution in [0.4, 0.5) is 23.0 Å². The summed E-state index contributed by atoms with van der Waals surface area (Å²) in [6, 6.07) is 12.8. The number of hydrazine groups is 1. The molecule has 158 valence electrons. The Morgan fingerprint density at radius 2 is 1.74 bits per heavy atom. The highest BCUT2D eigenvalue weighted by Gasteiger charge is 2.25. The van der Waals surface area contributed by atoms with E-state index in [1.54, 1.807) is 42.5 Å². The molecule has 0 unspecified atom stereocenters. The number of nitrogens with one attached hydrogen (secondary N) is 3. The minimum absolute atomic E-state index is 0.163. The van der Waals surface area contributed by atoms with Crippen LogP contribution in [0.15, 0.2) is 59.3 Å². The number of hydrogen-bond acceptors (Lipinski definition) is 9. The predicted molar refractivity (Wildman–Crippen MR) is 115 cm³/mol. The first-order valence-corrected chi connectivity index (χ1v) is 9.45. The number of carbonyl (C=O) groups excluding carboxylic acids is 2. The van der Waals surface area contributed by atoms with Crippen LogP contribution < -0.4 is 16.2 Å². The van der Waals surface area contributed by atoms with Gasteiger partial charge in [0.25, 0.3) is 5.91 Å². The predicted octanol–water partition coefficient (Wildman–Crippen LogP) is 3.43. The highest BCUT2D eigenvalue weighted by molar-refractivity contribution is 9.10. The zero-order valence-corrected chi connectivity index (χ0v) is 17.5. The first-order valence-electron chi connectivity index (χ1n) is 8.66. The number of halogens is 1. The Labute approximate surface area is 184 Å². The second-order valence-electron chi connectivity index (χ2n) is 5.92. The SMILES string of the molecule is COC(=O)c1ccccc1Nc1ncnc(NNC(=O)c2ccc(Br)cc2)c1[N+](=O)[O-]. The van der Waals surface area contributed by atoms with Crippen LogP contribution in [-0.2, 0) is 4.74 Å². The van der Waals surface area contributed by atoms with Gasteiger partial charge in [0.2, 0.25) is 11.6 Å². The van der Waals surface area contributed by atoms with Gasteiger partial charge in [-0.15, -0.1) is 0 Å². The molecule has 0 aliphatic heterocycles. The summed E-state index contributed by atoms with van der Waals surface area (Å²) in [7, 11) is 1.22. The van der Waals surface area contributed by atoms with Gasteiger partial charge in [-0.05, 0) is 36.4 Å². The van der Waals surface area contributed by atoms with E-state index in [1.807, 2.05) is 0 Å². The summed E-state index contributed by atoms with van der Waals surface area (Å²) >= 11 is 3.27. The van der Waals surface area contributed by atoms with Crippen LogP contribution in [0.1, 0.15) is 20.7 Å². The highest BCUT2D eigenvalue weighted by atomic mass is 79.9. The topological polar surface area (TPSA) is 148 Å². The quantitative estimate of drug-likeness (QED) is 0.259. The first-order chi connectivity index (χ1) is 14.9. The molecule has 3 aromatic rings. The Kier molecular flexibility index (Phi) is 6.72. The molecule has 0 aliphatic carbocycles. The molecule has 0 spiro atoms. The summed E-state index contributed by atoms with van der Waals surface area (Å²) in [5, 5.41) is 14.4. The van der Waals surface area contributed by atoms with Crippen LogP contribution in [0, 0.1) is 10.1 Å². The number of carbonyl (C=O) groups is 2. The number of amides is 1. The van der Waals surface area contributed by atoms with Crippen molar-refractivity contribution in [2.24, 2.45) is 0 Å². The molecular formula is C19H15BrN6O5. The van der Waals surface area contributed by atoms with Gasteiger partial charge in [0.15, 0.2) is 0 Å². The summed E-state index contributed by atoms with van der Waals surface area (Å²) < 4.78 is 5.52. The maximum absolute atomic E-state index is 12.3. The number of rotatable bonds is 7. The lowest BCUT2D eigenvalue weighted by atomic mass is 10.2. The summed E-state index contributed by atoms with van der Waals surface area (Å²) in [5.41, 5.74) is 5.02. The Bertz CT molecular complexity index is 1140. The monoisotopic (exact) mass is 486 g/mol. The van der Waals surface area contributed by atoms with Gasteiger partial charge in [-0.25, -0.2) is 14.8 Å². The number of ether oxygens (including phenoxy) is 1. The normalized spacial score (nSPS) is 10.1. The highest BCUT2D eigenvalue weighted by Crippen LogP contribution is 2.32. The Morgan fingerprint density at radius 1 is 1.06 bits per heavy atom. The number of methoxy groups -OCH3 is 1. The molecule has 11 nitrogen and oxygen atoms in total. The van der Waals surface area contributed by atoms with Gasteiger partial charge < -0.3 is 10.1 Å². The minimum Gasteiger partial charge on any atom is -0.465 e. The van der Waals surface area contributed by atoms with E-state index in [-0.39, 0.29) is 22.9 Å². The summed E-state index contributed by atoms with van der Waals surface area (Å²) in [4.78, 5) is 42.9. The molecule has 0 fully saturated rings. The molecule has 0 bridgehead atoms. The van der Waals surface area contributed by atoms with Gasteiger partial charge in [0.05, 0.1) is 23.3 Å². The number of esters is 1. The number of hydrogen-bond donors (Lipinski definition) is 3. The third-order valence-electron chi connectivity index (χ3n) is 3.99. The number of anilines is 3. The summed E-state index contributed by atoms with van der Waals surface area (Å²) in [5.74, 6) is -1.58. The van der Waals surface area contributed by atoms with Crippen LogP contribution in [-0.4, -0.2) is 33.9 Å². The van der Waals surface area contributed by atoms with Crippen molar-refractivity contribution in [2.45, 2.75) is 0 Å². The van der Waals surface area contributed by atoms with Crippen LogP contribution >= 0.6 is 15.9 Å². The lowest BCUT2D eigenvalue weighted by molar-refractivity contribution is -0.383. The van der Waals surface area contributed by atoms with E-state index in [4.69, 9.17) is 4.74 Å². The van der Waals surface area contributed by atoms with E-state index in [9.17, 15) is 19.7 Å². The van der Waals surface area contributed by atoms with Gasteiger partial charge in [-0.1, -0.05) is 28.1 Å². The van der Waals surface area contributed by atoms with Crippen molar-refractivity contribution in [2.75, 3.05) is 17.9 Å². The first kappa shape index (κ1) is 21.6. The van der Waals surface area contributed by atoms with Crippen molar-refractivity contribution in [3.8, 4) is 0 Å². The summed E-state index contributed by atoms with van der Waals surface area (Å²) in [6.07, 6.45) is 1.07. The second-order valence-corrected chi connectivity index (χ2v) is 6.84. The van der Waals surface area contributed by atoms with Crippen molar-refractivity contribution in [1.29, 1.82) is 0 Å². The molecule has 2 aromatic carbocycles. The Hall–Kier alpha value is -4.06. The fourth-order valence-electron chi connectivity index (χ4n) is 2.53. The maximum Gasteiger partial charge on any atom is 0.355 e. The molecule has 0 radical (unpaired) electrons. The van der Waals surface area contributed by atoms with Gasteiger partial charge in [0.1, 0.15) is 6.33 Å². The van der Waals surface area contributed by atoms with Crippen LogP contribution in [0.25, 0.3) is 0 Å². The Morgan fingerprint density at radius 3 is 2.42 bits per heavy atom. The smallest absolute Gasteiger partial charge is 0.355 e. The zero-order valence-electron chi connectivity index (χ0n) is 16.0. The molecular weight excluding hydrogens is 472 g/mol. The van der Waals surface area contributed by atoms with Gasteiger partial charge in [-0.2, -0.15) is 0 Å². The largest absolute Gasteiger partial charge is 0.465 e. The van der Waals surface area contributed by atoms with Crippen LogP contribution in [0.5, 0.6) is 0 Å². The maximum atomic E-state index is 12.3. The van der Waals surface area contributed by atoms with E-state index in [0.29, 0.717) is 5.56 Å².